The summed E-state index contributed by atoms with van der Waals surface area (Å²) in [6, 6.07) is 5.06. The Kier molecular flexibility index (Phi) is 5.62. The van der Waals surface area contributed by atoms with E-state index in [0.29, 0.717) is 38.5 Å². The second kappa shape index (κ2) is 8.22. The Morgan fingerprint density at radius 3 is 2.79 bits per heavy atom. The van der Waals surface area contributed by atoms with E-state index in [1.807, 2.05) is 24.8 Å². The van der Waals surface area contributed by atoms with Crippen LogP contribution in [0.2, 0.25) is 0 Å². The number of halogens is 1. The van der Waals surface area contributed by atoms with Crippen LogP contribution in [0, 0.1) is 5.82 Å². The molecule has 1 unspecified atom stereocenters. The van der Waals surface area contributed by atoms with Crippen LogP contribution in [-0.2, 0) is 17.4 Å². The minimum Gasteiger partial charge on any atom is -0.477 e. The molecule has 1 aromatic heterocycles. The van der Waals surface area contributed by atoms with E-state index < -0.39 is 5.60 Å². The second-order valence-electron chi connectivity index (χ2n) is 9.92. The Hall–Kier alpha value is -2.22. The first kappa shape index (κ1) is 22.6. The molecule has 3 aliphatic rings. The summed E-state index contributed by atoms with van der Waals surface area (Å²) in [4.78, 5) is 19.2. The molecule has 2 saturated heterocycles. The van der Waals surface area contributed by atoms with E-state index in [1.54, 1.807) is 11.0 Å². The topological polar surface area (TPSA) is 56.6 Å². The second-order valence-corrected chi connectivity index (χ2v) is 11.7. The number of rotatable bonds is 2. The van der Waals surface area contributed by atoms with E-state index in [1.165, 1.54) is 6.07 Å². The zero-order valence-corrected chi connectivity index (χ0v) is 20.6. The summed E-state index contributed by atoms with van der Waals surface area (Å²) in [5, 5.41) is 0. The molecule has 6 nitrogen and oxygen atoms in total. The summed E-state index contributed by atoms with van der Waals surface area (Å²) >= 11 is 2.02. The van der Waals surface area contributed by atoms with Crippen molar-refractivity contribution in [2.75, 3.05) is 25.4 Å². The molecule has 1 aromatic carbocycles. The van der Waals surface area contributed by atoms with Crippen LogP contribution in [0.25, 0.3) is 11.3 Å². The van der Waals surface area contributed by atoms with E-state index in [9.17, 15) is 9.18 Å². The minimum atomic E-state index is -0.716. The quantitative estimate of drug-likeness (QED) is 0.580. The van der Waals surface area contributed by atoms with Gasteiger partial charge in [-0.3, -0.25) is 0 Å². The maximum atomic E-state index is 14.9. The lowest BCUT2D eigenvalue weighted by Gasteiger charge is -2.44. The number of hydrogen-bond acceptors (Lipinski definition) is 5. The molecular formula is C25H32FN3O3S. The van der Waals surface area contributed by atoms with Crippen molar-refractivity contribution in [3.8, 4) is 17.0 Å². The van der Waals surface area contributed by atoms with Gasteiger partial charge in [-0.2, -0.15) is 11.8 Å². The molecule has 4 heterocycles. The van der Waals surface area contributed by atoms with Gasteiger partial charge in [0.1, 0.15) is 5.82 Å². The molecule has 33 heavy (non-hydrogen) atoms. The van der Waals surface area contributed by atoms with E-state index in [-0.39, 0.29) is 22.4 Å². The maximum Gasteiger partial charge on any atom is 0.409 e. The van der Waals surface area contributed by atoms with Crippen molar-refractivity contribution in [2.45, 2.75) is 62.7 Å². The van der Waals surface area contributed by atoms with E-state index in [4.69, 9.17) is 14.5 Å². The fourth-order valence-electron chi connectivity index (χ4n) is 5.69. The molecule has 2 fully saturated rings. The first-order valence-electron chi connectivity index (χ1n) is 11.9. The third kappa shape index (κ3) is 3.80. The summed E-state index contributed by atoms with van der Waals surface area (Å²) in [6.45, 7) is 7.74. The van der Waals surface area contributed by atoms with Crippen LogP contribution in [0.5, 0.6) is 5.75 Å². The first-order chi connectivity index (χ1) is 15.7. The molecule has 0 saturated carbocycles. The Labute approximate surface area is 198 Å². The van der Waals surface area contributed by atoms with Gasteiger partial charge in [0.05, 0.1) is 18.0 Å². The minimum absolute atomic E-state index is 0.207. The van der Waals surface area contributed by atoms with Crippen LogP contribution >= 0.6 is 11.8 Å². The van der Waals surface area contributed by atoms with Crippen LogP contribution in [0.4, 0.5) is 9.18 Å². The molecule has 0 radical (unpaired) electrons. The number of carbonyl (C=O) groups excluding carboxylic acids is 1. The SMILES string of the molecule is CCOC(=O)N1CCC2(CC1)Oc1c(F)cccc1-c1nc(C3CCSC(C)(C)C3)n(C)c12. The van der Waals surface area contributed by atoms with Crippen LogP contribution in [0.15, 0.2) is 18.2 Å². The number of hydrogen-bond donors (Lipinski definition) is 0. The van der Waals surface area contributed by atoms with Crippen LogP contribution in [-0.4, -0.2) is 50.7 Å². The highest BCUT2D eigenvalue weighted by molar-refractivity contribution is 8.00. The third-order valence-corrected chi connectivity index (χ3v) is 8.63. The molecule has 2 aromatic rings. The van der Waals surface area contributed by atoms with Crippen LogP contribution in [0.1, 0.15) is 63.9 Å². The van der Waals surface area contributed by atoms with Crippen molar-refractivity contribution in [1.29, 1.82) is 0 Å². The van der Waals surface area contributed by atoms with Gasteiger partial charge in [-0.25, -0.2) is 14.2 Å². The van der Waals surface area contributed by atoms with Gasteiger partial charge < -0.3 is 18.9 Å². The predicted octanol–water partition coefficient (Wildman–Crippen LogP) is 5.46. The number of likely N-dealkylation sites (tertiary alicyclic amines) is 1. The van der Waals surface area contributed by atoms with Crippen LogP contribution in [0.3, 0.4) is 0 Å². The summed E-state index contributed by atoms with van der Waals surface area (Å²) < 4.78 is 29.0. The number of amides is 1. The van der Waals surface area contributed by atoms with Crippen molar-refractivity contribution in [3.63, 3.8) is 0 Å². The molecule has 1 amide bonds. The molecule has 0 bridgehead atoms. The third-order valence-electron chi connectivity index (χ3n) is 7.24. The Morgan fingerprint density at radius 2 is 2.09 bits per heavy atom. The lowest BCUT2D eigenvalue weighted by molar-refractivity contribution is -0.0127. The van der Waals surface area contributed by atoms with Crippen molar-refractivity contribution in [1.82, 2.24) is 14.5 Å². The van der Waals surface area contributed by atoms with Gasteiger partial charge >= 0.3 is 6.09 Å². The van der Waals surface area contributed by atoms with Gasteiger partial charge in [-0.05, 0) is 37.7 Å². The lowest BCUT2D eigenvalue weighted by atomic mass is 9.83. The summed E-state index contributed by atoms with van der Waals surface area (Å²) in [6.07, 6.45) is 2.97. The standard InChI is InChI=1S/C25H32FN3O3S/c1-5-31-23(30)29-12-10-25(11-13-29)21-19(17-7-6-8-18(26)20(17)32-25)27-22(28(21)4)16-9-14-33-24(2,3)15-16/h6-8,16H,5,9-15H2,1-4H3. The monoisotopic (exact) mass is 473 g/mol. The Morgan fingerprint density at radius 1 is 1.33 bits per heavy atom. The van der Waals surface area contributed by atoms with Crippen molar-refractivity contribution in [2.24, 2.45) is 7.05 Å². The van der Waals surface area contributed by atoms with Crippen molar-refractivity contribution in [3.05, 3.63) is 35.5 Å². The number of ether oxygens (including phenoxy) is 2. The highest BCUT2D eigenvalue weighted by atomic mass is 32.2. The Bertz CT molecular complexity index is 1080. The van der Waals surface area contributed by atoms with Crippen LogP contribution < -0.4 is 4.74 Å². The number of aromatic nitrogens is 2. The van der Waals surface area contributed by atoms with E-state index >= 15 is 0 Å². The fourth-order valence-corrected chi connectivity index (χ4v) is 6.96. The van der Waals surface area contributed by atoms with Gasteiger partial charge in [0.25, 0.3) is 0 Å². The van der Waals surface area contributed by atoms with Gasteiger partial charge in [-0.1, -0.05) is 19.9 Å². The van der Waals surface area contributed by atoms with Gasteiger partial charge in [-0.15, -0.1) is 0 Å². The molecule has 5 rings (SSSR count). The zero-order chi connectivity index (χ0) is 23.4. The molecule has 3 aliphatic heterocycles. The Balaban J connectivity index is 1.57. The largest absolute Gasteiger partial charge is 0.477 e. The number of imidazole rings is 1. The molecule has 1 atom stereocenters. The maximum absolute atomic E-state index is 14.9. The number of para-hydroxylation sites is 1. The number of piperidine rings is 1. The molecule has 178 valence electrons. The smallest absolute Gasteiger partial charge is 0.409 e. The molecule has 1 spiro atoms. The summed E-state index contributed by atoms with van der Waals surface area (Å²) in [7, 11) is 2.07. The number of nitrogens with zero attached hydrogens (tertiary/aromatic N) is 3. The normalized spacial score (nSPS) is 22.9. The van der Waals surface area contributed by atoms with Gasteiger partial charge in [0.15, 0.2) is 17.2 Å². The summed E-state index contributed by atoms with van der Waals surface area (Å²) in [5.41, 5.74) is 1.84. The highest BCUT2D eigenvalue weighted by Crippen LogP contribution is 2.52. The molecule has 0 aliphatic carbocycles. The van der Waals surface area contributed by atoms with Crippen molar-refractivity contribution < 1.29 is 18.7 Å². The van der Waals surface area contributed by atoms with Gasteiger partial charge in [0.2, 0.25) is 0 Å². The predicted molar refractivity (Wildman–Crippen MR) is 127 cm³/mol. The molecule has 8 heteroatoms. The highest BCUT2D eigenvalue weighted by Gasteiger charge is 2.49. The number of thioether (sulfide) groups is 1. The van der Waals surface area contributed by atoms with E-state index in [0.717, 1.165) is 41.4 Å². The number of fused-ring (bicyclic) bond motifs is 4. The zero-order valence-electron chi connectivity index (χ0n) is 19.8. The average Bonchev–Trinajstić information content (AvgIpc) is 3.13. The molecular weight excluding hydrogens is 441 g/mol. The van der Waals surface area contributed by atoms with E-state index in [2.05, 4.69) is 25.5 Å². The van der Waals surface area contributed by atoms with Crippen molar-refractivity contribution >= 4 is 17.9 Å². The lowest BCUT2D eigenvalue weighted by Crippen LogP contribution is -2.50. The molecule has 0 N–H and O–H groups in total. The summed E-state index contributed by atoms with van der Waals surface area (Å²) in [5.74, 6) is 2.43. The number of carbonyl (C=O) groups is 1. The first-order valence-corrected chi connectivity index (χ1v) is 12.8. The number of benzene rings is 1. The van der Waals surface area contributed by atoms with Gasteiger partial charge in [0, 0.05) is 49.2 Å². The average molecular weight is 474 g/mol. The fraction of sp³-hybridized carbons (Fsp3) is 0.600.